The summed E-state index contributed by atoms with van der Waals surface area (Å²) in [6.45, 7) is 0.523. The first kappa shape index (κ1) is 18.2. The summed E-state index contributed by atoms with van der Waals surface area (Å²) in [5, 5.41) is 0. The van der Waals surface area contributed by atoms with Gasteiger partial charge in [-0.15, -0.1) is 0 Å². The van der Waals surface area contributed by atoms with E-state index in [0.29, 0.717) is 6.61 Å². The molecule has 0 atom stereocenters. The molecular weight excluding hydrogens is 388 g/mol. The summed E-state index contributed by atoms with van der Waals surface area (Å²) in [5.41, 5.74) is 4.15. The molecule has 0 N–H and O–H groups in total. The van der Waals surface area contributed by atoms with Crippen molar-refractivity contribution >= 4 is 33.5 Å². The Morgan fingerprint density at radius 1 is 0.923 bits per heavy atom. The van der Waals surface area contributed by atoms with E-state index in [-0.39, 0.29) is 0 Å². The van der Waals surface area contributed by atoms with Crippen molar-refractivity contribution in [2.45, 2.75) is 6.61 Å². The summed E-state index contributed by atoms with van der Waals surface area (Å²) in [6.07, 6.45) is 1.85. The van der Waals surface area contributed by atoms with Crippen molar-refractivity contribution in [3.63, 3.8) is 0 Å². The molecule has 0 aromatic heterocycles. The van der Waals surface area contributed by atoms with Gasteiger partial charge in [0, 0.05) is 36.0 Å². The molecule has 0 saturated carbocycles. The standard InChI is InChI=1S/C22H21BrN2O/c1-25(2)21-13-11-20(12-14-21)24-15-18-5-3-4-6-22(18)26-16-17-7-9-19(23)10-8-17/h3-15H,16H2,1-2H3. The smallest absolute Gasteiger partial charge is 0.128 e. The molecule has 0 saturated heterocycles. The van der Waals surface area contributed by atoms with Crippen LogP contribution in [0.15, 0.2) is 82.3 Å². The Labute approximate surface area is 163 Å². The quantitative estimate of drug-likeness (QED) is 0.478. The van der Waals surface area contributed by atoms with Gasteiger partial charge < -0.3 is 9.64 Å². The first-order valence-electron chi connectivity index (χ1n) is 8.39. The van der Waals surface area contributed by atoms with E-state index in [0.717, 1.165) is 32.7 Å². The Kier molecular flexibility index (Phi) is 6.08. The van der Waals surface area contributed by atoms with Crippen LogP contribution in [0.3, 0.4) is 0 Å². The van der Waals surface area contributed by atoms with Gasteiger partial charge in [0.25, 0.3) is 0 Å². The van der Waals surface area contributed by atoms with Crippen molar-refractivity contribution in [3.05, 3.63) is 88.4 Å². The van der Waals surface area contributed by atoms with Crippen LogP contribution in [-0.4, -0.2) is 20.3 Å². The molecule has 3 rings (SSSR count). The van der Waals surface area contributed by atoms with Crippen LogP contribution in [-0.2, 0) is 6.61 Å². The topological polar surface area (TPSA) is 24.8 Å². The maximum absolute atomic E-state index is 5.99. The average Bonchev–Trinajstić information content (AvgIpc) is 2.67. The van der Waals surface area contributed by atoms with Gasteiger partial charge in [-0.1, -0.05) is 40.2 Å². The number of ether oxygens (including phenoxy) is 1. The average molecular weight is 409 g/mol. The fourth-order valence-electron chi connectivity index (χ4n) is 2.44. The van der Waals surface area contributed by atoms with Crippen molar-refractivity contribution in [3.8, 4) is 5.75 Å². The number of hydrogen-bond donors (Lipinski definition) is 0. The largest absolute Gasteiger partial charge is 0.488 e. The first-order valence-corrected chi connectivity index (χ1v) is 9.19. The molecule has 132 valence electrons. The number of rotatable bonds is 6. The number of nitrogens with zero attached hydrogens (tertiary/aromatic N) is 2. The molecular formula is C22H21BrN2O. The zero-order valence-electron chi connectivity index (χ0n) is 14.9. The predicted octanol–water partition coefficient (Wildman–Crippen LogP) is 5.84. The number of para-hydroxylation sites is 1. The van der Waals surface area contributed by atoms with Gasteiger partial charge in [-0.25, -0.2) is 0 Å². The Balaban J connectivity index is 1.71. The van der Waals surface area contributed by atoms with Crippen molar-refractivity contribution in [1.29, 1.82) is 0 Å². The van der Waals surface area contributed by atoms with Crippen molar-refractivity contribution in [2.24, 2.45) is 4.99 Å². The Morgan fingerprint density at radius 3 is 2.31 bits per heavy atom. The summed E-state index contributed by atoms with van der Waals surface area (Å²) in [7, 11) is 4.05. The SMILES string of the molecule is CN(C)c1ccc(N=Cc2ccccc2OCc2ccc(Br)cc2)cc1. The van der Waals surface area contributed by atoms with E-state index in [2.05, 4.69) is 38.0 Å². The van der Waals surface area contributed by atoms with Crippen molar-refractivity contribution < 1.29 is 4.74 Å². The van der Waals surface area contributed by atoms with Crippen LogP contribution in [0, 0.1) is 0 Å². The van der Waals surface area contributed by atoms with Gasteiger partial charge in [0.1, 0.15) is 12.4 Å². The lowest BCUT2D eigenvalue weighted by atomic mass is 10.2. The maximum atomic E-state index is 5.99. The summed E-state index contributed by atoms with van der Waals surface area (Å²) in [5.74, 6) is 0.823. The van der Waals surface area contributed by atoms with Gasteiger partial charge >= 0.3 is 0 Å². The van der Waals surface area contributed by atoms with E-state index >= 15 is 0 Å². The molecule has 3 aromatic carbocycles. The van der Waals surface area contributed by atoms with E-state index in [4.69, 9.17) is 4.74 Å². The van der Waals surface area contributed by atoms with Crippen molar-refractivity contribution in [2.75, 3.05) is 19.0 Å². The molecule has 3 nitrogen and oxygen atoms in total. The van der Waals surface area contributed by atoms with Gasteiger partial charge in [-0.3, -0.25) is 4.99 Å². The first-order chi connectivity index (χ1) is 12.6. The highest BCUT2D eigenvalue weighted by molar-refractivity contribution is 9.10. The highest BCUT2D eigenvalue weighted by Gasteiger charge is 2.02. The number of benzene rings is 3. The molecule has 3 aromatic rings. The summed E-state index contributed by atoms with van der Waals surface area (Å²) in [4.78, 5) is 6.64. The minimum absolute atomic E-state index is 0.523. The zero-order chi connectivity index (χ0) is 18.4. The van der Waals surface area contributed by atoms with Gasteiger partial charge in [-0.05, 0) is 54.1 Å². The monoisotopic (exact) mass is 408 g/mol. The molecule has 0 amide bonds. The van der Waals surface area contributed by atoms with Gasteiger partial charge in [0.15, 0.2) is 0 Å². The Bertz CT molecular complexity index is 871. The normalized spacial score (nSPS) is 10.9. The third-order valence-electron chi connectivity index (χ3n) is 3.95. The zero-order valence-corrected chi connectivity index (χ0v) is 16.5. The number of hydrogen-bond acceptors (Lipinski definition) is 3. The predicted molar refractivity (Wildman–Crippen MR) is 113 cm³/mol. The van der Waals surface area contributed by atoms with Crippen LogP contribution in [0.5, 0.6) is 5.75 Å². The lowest BCUT2D eigenvalue weighted by molar-refractivity contribution is 0.306. The number of aliphatic imine (C=N–C) groups is 1. The van der Waals surface area contributed by atoms with E-state index in [1.165, 1.54) is 0 Å². The molecule has 0 aliphatic carbocycles. The summed E-state index contributed by atoms with van der Waals surface area (Å²) in [6, 6.07) is 24.2. The second-order valence-electron chi connectivity index (χ2n) is 6.12. The van der Waals surface area contributed by atoms with E-state index in [1.807, 2.05) is 81.0 Å². The van der Waals surface area contributed by atoms with Gasteiger partial charge in [0.2, 0.25) is 0 Å². The minimum Gasteiger partial charge on any atom is -0.488 e. The van der Waals surface area contributed by atoms with E-state index < -0.39 is 0 Å². The molecule has 0 fully saturated rings. The van der Waals surface area contributed by atoms with Crippen LogP contribution in [0.4, 0.5) is 11.4 Å². The van der Waals surface area contributed by atoms with Crippen LogP contribution in [0.1, 0.15) is 11.1 Å². The van der Waals surface area contributed by atoms with Crippen molar-refractivity contribution in [1.82, 2.24) is 0 Å². The van der Waals surface area contributed by atoms with Crippen LogP contribution < -0.4 is 9.64 Å². The number of anilines is 1. The molecule has 0 spiro atoms. The molecule has 0 radical (unpaired) electrons. The lowest BCUT2D eigenvalue weighted by Gasteiger charge is -2.11. The summed E-state index contributed by atoms with van der Waals surface area (Å²) < 4.78 is 7.05. The molecule has 0 bridgehead atoms. The number of halogens is 1. The molecule has 0 aliphatic heterocycles. The van der Waals surface area contributed by atoms with Crippen LogP contribution in [0.2, 0.25) is 0 Å². The maximum Gasteiger partial charge on any atom is 0.128 e. The van der Waals surface area contributed by atoms with Gasteiger partial charge in [-0.2, -0.15) is 0 Å². The molecule has 26 heavy (non-hydrogen) atoms. The molecule has 0 unspecified atom stereocenters. The Morgan fingerprint density at radius 2 is 1.62 bits per heavy atom. The molecule has 4 heteroatoms. The molecule has 0 heterocycles. The third kappa shape index (κ3) is 4.96. The highest BCUT2D eigenvalue weighted by Crippen LogP contribution is 2.21. The van der Waals surface area contributed by atoms with Crippen LogP contribution in [0.25, 0.3) is 0 Å². The second kappa shape index (κ2) is 8.68. The van der Waals surface area contributed by atoms with Gasteiger partial charge in [0.05, 0.1) is 5.69 Å². The Hall–Kier alpha value is -2.59. The fraction of sp³-hybridized carbons (Fsp3) is 0.136. The molecule has 0 aliphatic rings. The lowest BCUT2D eigenvalue weighted by Crippen LogP contribution is -2.07. The third-order valence-corrected chi connectivity index (χ3v) is 4.47. The minimum atomic E-state index is 0.523. The van der Waals surface area contributed by atoms with E-state index in [1.54, 1.807) is 0 Å². The second-order valence-corrected chi connectivity index (χ2v) is 7.04. The van der Waals surface area contributed by atoms with Crippen LogP contribution >= 0.6 is 15.9 Å². The van der Waals surface area contributed by atoms with E-state index in [9.17, 15) is 0 Å². The highest BCUT2D eigenvalue weighted by atomic mass is 79.9. The fourth-order valence-corrected chi connectivity index (χ4v) is 2.71. The summed E-state index contributed by atoms with van der Waals surface area (Å²) >= 11 is 3.45.